The van der Waals surface area contributed by atoms with Gasteiger partial charge >= 0.3 is 0 Å². The van der Waals surface area contributed by atoms with Crippen LogP contribution in [0.15, 0.2) is 0 Å². The minimum Gasteiger partial charge on any atom is -0.380 e. The molecule has 1 aliphatic rings. The van der Waals surface area contributed by atoms with Crippen molar-refractivity contribution in [2.75, 3.05) is 19.8 Å². The van der Waals surface area contributed by atoms with Crippen molar-refractivity contribution in [3.63, 3.8) is 0 Å². The lowest BCUT2D eigenvalue weighted by Crippen LogP contribution is -2.47. The summed E-state index contributed by atoms with van der Waals surface area (Å²) < 4.78 is 5.48. The predicted molar refractivity (Wildman–Crippen MR) is 78.1 cm³/mol. The number of nitrogens with one attached hydrogen (secondary N) is 2. The summed E-state index contributed by atoms with van der Waals surface area (Å²) in [5.41, 5.74) is 0. The van der Waals surface area contributed by atoms with Crippen molar-refractivity contribution in [3.05, 3.63) is 0 Å². The second kappa shape index (κ2) is 9.32. The predicted octanol–water partition coefficient (Wildman–Crippen LogP) is 2.09. The van der Waals surface area contributed by atoms with E-state index in [0.717, 1.165) is 26.0 Å². The van der Waals surface area contributed by atoms with Crippen LogP contribution in [-0.2, 0) is 9.53 Å². The first-order valence-corrected chi connectivity index (χ1v) is 7.71. The van der Waals surface area contributed by atoms with E-state index >= 15 is 0 Å². The Labute approximate surface area is 117 Å². The van der Waals surface area contributed by atoms with Gasteiger partial charge in [0, 0.05) is 19.2 Å². The summed E-state index contributed by atoms with van der Waals surface area (Å²) in [7, 11) is 0. The average Bonchev–Trinajstić information content (AvgIpc) is 2.38. The van der Waals surface area contributed by atoms with Gasteiger partial charge in [0.1, 0.15) is 0 Å². The van der Waals surface area contributed by atoms with E-state index < -0.39 is 0 Å². The molecule has 1 saturated carbocycles. The normalized spacial score (nSPS) is 18.5. The zero-order valence-electron chi connectivity index (χ0n) is 12.7. The molecule has 4 heteroatoms. The fourth-order valence-corrected chi connectivity index (χ4v) is 2.33. The summed E-state index contributed by atoms with van der Waals surface area (Å²) in [6.45, 7) is 8.36. The minimum absolute atomic E-state index is 0.121. The number of hydrogen-bond donors (Lipinski definition) is 2. The number of carbonyl (C=O) groups excluding carboxylic acids is 1. The van der Waals surface area contributed by atoms with Crippen LogP contribution in [0.2, 0.25) is 0 Å². The molecule has 0 radical (unpaired) electrons. The largest absolute Gasteiger partial charge is 0.380 e. The van der Waals surface area contributed by atoms with E-state index in [0.29, 0.717) is 18.6 Å². The van der Waals surface area contributed by atoms with Crippen LogP contribution < -0.4 is 10.6 Å². The lowest BCUT2D eigenvalue weighted by molar-refractivity contribution is -0.123. The second-order valence-corrected chi connectivity index (χ2v) is 5.99. The number of ether oxygens (including phenoxy) is 1. The SMILES string of the molecule is CC(C)COCCNC(C)C(=O)NC1CCCCC1. The fraction of sp³-hybridized carbons (Fsp3) is 0.933. The monoisotopic (exact) mass is 270 g/mol. The first kappa shape index (κ1) is 16.4. The van der Waals surface area contributed by atoms with Gasteiger partial charge in [0.25, 0.3) is 0 Å². The Hall–Kier alpha value is -0.610. The molecule has 19 heavy (non-hydrogen) atoms. The van der Waals surface area contributed by atoms with Crippen LogP contribution in [-0.4, -0.2) is 37.7 Å². The van der Waals surface area contributed by atoms with Gasteiger partial charge in [0.2, 0.25) is 5.91 Å². The molecular formula is C15H30N2O2. The molecule has 2 N–H and O–H groups in total. The minimum atomic E-state index is -0.135. The van der Waals surface area contributed by atoms with E-state index in [1.165, 1.54) is 19.3 Å². The van der Waals surface area contributed by atoms with Crippen LogP contribution >= 0.6 is 0 Å². The van der Waals surface area contributed by atoms with E-state index in [1.54, 1.807) is 0 Å². The van der Waals surface area contributed by atoms with Crippen molar-refractivity contribution in [3.8, 4) is 0 Å². The molecule has 4 nitrogen and oxygen atoms in total. The molecule has 1 rings (SSSR count). The maximum absolute atomic E-state index is 12.0. The maximum Gasteiger partial charge on any atom is 0.237 e. The van der Waals surface area contributed by atoms with Gasteiger partial charge in [-0.2, -0.15) is 0 Å². The molecule has 1 amide bonds. The molecule has 0 aliphatic heterocycles. The quantitative estimate of drug-likeness (QED) is 0.664. The Bertz CT molecular complexity index is 251. The summed E-state index contributed by atoms with van der Waals surface area (Å²) in [5.74, 6) is 0.683. The first-order valence-electron chi connectivity index (χ1n) is 7.71. The van der Waals surface area contributed by atoms with E-state index in [1.807, 2.05) is 6.92 Å². The third-order valence-corrected chi connectivity index (χ3v) is 3.49. The number of carbonyl (C=O) groups is 1. The summed E-state index contributed by atoms with van der Waals surface area (Å²) in [6, 6.07) is 0.257. The van der Waals surface area contributed by atoms with Crippen LogP contribution in [0.1, 0.15) is 52.9 Å². The molecule has 0 bridgehead atoms. The molecule has 112 valence electrons. The van der Waals surface area contributed by atoms with Crippen molar-refractivity contribution in [2.45, 2.75) is 65.0 Å². The van der Waals surface area contributed by atoms with Crippen molar-refractivity contribution in [2.24, 2.45) is 5.92 Å². The van der Waals surface area contributed by atoms with Crippen molar-refractivity contribution >= 4 is 5.91 Å². The molecule has 0 aromatic rings. The number of hydrogen-bond acceptors (Lipinski definition) is 3. The van der Waals surface area contributed by atoms with Gasteiger partial charge in [-0.05, 0) is 25.7 Å². The lowest BCUT2D eigenvalue weighted by Gasteiger charge is -2.24. The highest BCUT2D eigenvalue weighted by atomic mass is 16.5. The second-order valence-electron chi connectivity index (χ2n) is 5.99. The summed E-state index contributed by atoms with van der Waals surface area (Å²) in [4.78, 5) is 12.0. The third-order valence-electron chi connectivity index (χ3n) is 3.49. The van der Waals surface area contributed by atoms with E-state index in [2.05, 4.69) is 24.5 Å². The van der Waals surface area contributed by atoms with Gasteiger partial charge in [-0.1, -0.05) is 33.1 Å². The summed E-state index contributed by atoms with van der Waals surface area (Å²) >= 11 is 0. The third kappa shape index (κ3) is 7.53. The lowest BCUT2D eigenvalue weighted by atomic mass is 9.95. The highest BCUT2D eigenvalue weighted by molar-refractivity contribution is 5.81. The van der Waals surface area contributed by atoms with E-state index in [9.17, 15) is 4.79 Å². The van der Waals surface area contributed by atoms with Crippen molar-refractivity contribution in [1.82, 2.24) is 10.6 Å². The Morgan fingerprint density at radius 1 is 1.21 bits per heavy atom. The molecular weight excluding hydrogens is 240 g/mol. The molecule has 0 heterocycles. The highest BCUT2D eigenvalue weighted by Crippen LogP contribution is 2.17. The summed E-state index contributed by atoms with van der Waals surface area (Å²) in [6.07, 6.45) is 6.07. The zero-order valence-corrected chi connectivity index (χ0v) is 12.7. The molecule has 1 atom stereocenters. The van der Waals surface area contributed by atoms with Gasteiger partial charge in [0.05, 0.1) is 12.6 Å². The van der Waals surface area contributed by atoms with Crippen LogP contribution in [0.4, 0.5) is 0 Å². The van der Waals surface area contributed by atoms with Gasteiger partial charge in [-0.25, -0.2) is 0 Å². The Morgan fingerprint density at radius 3 is 2.53 bits per heavy atom. The molecule has 1 unspecified atom stereocenters. The van der Waals surface area contributed by atoms with E-state index in [-0.39, 0.29) is 11.9 Å². The van der Waals surface area contributed by atoms with Crippen LogP contribution in [0.3, 0.4) is 0 Å². The first-order chi connectivity index (χ1) is 9.09. The Kier molecular flexibility index (Phi) is 8.07. The number of amides is 1. The van der Waals surface area contributed by atoms with Crippen LogP contribution in [0, 0.1) is 5.92 Å². The fourth-order valence-electron chi connectivity index (χ4n) is 2.33. The van der Waals surface area contributed by atoms with Crippen molar-refractivity contribution in [1.29, 1.82) is 0 Å². The smallest absolute Gasteiger partial charge is 0.237 e. The highest BCUT2D eigenvalue weighted by Gasteiger charge is 2.18. The van der Waals surface area contributed by atoms with Crippen LogP contribution in [0.25, 0.3) is 0 Å². The molecule has 1 fully saturated rings. The average molecular weight is 270 g/mol. The van der Waals surface area contributed by atoms with Crippen LogP contribution in [0.5, 0.6) is 0 Å². The molecule has 1 aliphatic carbocycles. The van der Waals surface area contributed by atoms with Crippen molar-refractivity contribution < 1.29 is 9.53 Å². The maximum atomic E-state index is 12.0. The zero-order chi connectivity index (χ0) is 14.1. The molecule has 0 aromatic carbocycles. The summed E-state index contributed by atoms with van der Waals surface area (Å²) in [5, 5.41) is 6.34. The Morgan fingerprint density at radius 2 is 1.89 bits per heavy atom. The molecule has 0 saturated heterocycles. The molecule has 0 spiro atoms. The van der Waals surface area contributed by atoms with Gasteiger partial charge in [-0.15, -0.1) is 0 Å². The van der Waals surface area contributed by atoms with E-state index in [4.69, 9.17) is 4.74 Å². The topological polar surface area (TPSA) is 50.4 Å². The van der Waals surface area contributed by atoms with Gasteiger partial charge in [0.15, 0.2) is 0 Å². The Balaban J connectivity index is 2.07. The molecule has 0 aromatic heterocycles. The van der Waals surface area contributed by atoms with Gasteiger partial charge in [-0.3, -0.25) is 4.79 Å². The standard InChI is InChI=1S/C15H30N2O2/c1-12(2)11-19-10-9-16-13(3)15(18)17-14-7-5-4-6-8-14/h12-14,16H,4-11H2,1-3H3,(H,17,18). The number of rotatable bonds is 8. The van der Waals surface area contributed by atoms with Gasteiger partial charge < -0.3 is 15.4 Å².